The average Bonchev–Trinajstić information content (AvgIpc) is 2.83. The van der Waals surface area contributed by atoms with E-state index in [0.29, 0.717) is 12.0 Å². The first-order valence-electron chi connectivity index (χ1n) is 6.68. The molecule has 0 aliphatic carbocycles. The molecule has 0 amide bonds. The van der Waals surface area contributed by atoms with Gasteiger partial charge in [0.25, 0.3) is 0 Å². The molecular weight excluding hydrogens is 269 g/mol. The molecule has 0 saturated carbocycles. The van der Waals surface area contributed by atoms with E-state index in [1.165, 1.54) is 0 Å². The molecule has 112 valence electrons. The van der Waals surface area contributed by atoms with Crippen molar-refractivity contribution in [3.63, 3.8) is 0 Å². The van der Waals surface area contributed by atoms with Gasteiger partial charge < -0.3 is 14.8 Å². The largest absolute Gasteiger partial charge is 0.496 e. The molecule has 7 heteroatoms. The van der Waals surface area contributed by atoms with Crippen molar-refractivity contribution in [3.8, 4) is 5.75 Å². The number of rotatable bonds is 6. The molecule has 0 unspecified atom stereocenters. The van der Waals surface area contributed by atoms with Crippen LogP contribution in [0.4, 0.5) is 0 Å². The van der Waals surface area contributed by atoms with Crippen molar-refractivity contribution in [2.75, 3.05) is 14.2 Å². The van der Waals surface area contributed by atoms with Crippen LogP contribution in [-0.4, -0.2) is 46.0 Å². The first-order valence-corrected chi connectivity index (χ1v) is 6.68. The third-order valence-electron chi connectivity index (χ3n) is 3.25. The zero-order valence-corrected chi connectivity index (χ0v) is 12.5. The summed E-state index contributed by atoms with van der Waals surface area (Å²) in [5.41, 5.74) is 2.49. The van der Waals surface area contributed by atoms with Gasteiger partial charge >= 0.3 is 7.12 Å². The van der Waals surface area contributed by atoms with Crippen LogP contribution in [0.2, 0.25) is 0 Å². The van der Waals surface area contributed by atoms with E-state index in [2.05, 4.69) is 10.00 Å². The Balaban J connectivity index is 2.11. The van der Waals surface area contributed by atoms with Crippen molar-refractivity contribution >= 4 is 12.6 Å². The molecule has 0 fully saturated rings. The van der Waals surface area contributed by atoms with Gasteiger partial charge in [-0.05, 0) is 18.6 Å². The zero-order valence-electron chi connectivity index (χ0n) is 12.5. The van der Waals surface area contributed by atoms with Crippen LogP contribution in [0.1, 0.15) is 11.1 Å². The number of ether oxygens (including phenoxy) is 1. The Kier molecular flexibility index (Phi) is 5.00. The maximum absolute atomic E-state index is 9.27. The van der Waals surface area contributed by atoms with Crippen molar-refractivity contribution in [1.29, 1.82) is 0 Å². The smallest absolute Gasteiger partial charge is 0.488 e. The van der Waals surface area contributed by atoms with E-state index in [-0.39, 0.29) is 0 Å². The summed E-state index contributed by atoms with van der Waals surface area (Å²) in [4.78, 5) is 2.11. The normalized spacial score (nSPS) is 11.0. The summed E-state index contributed by atoms with van der Waals surface area (Å²) in [6, 6.07) is 5.15. The maximum Gasteiger partial charge on any atom is 0.488 e. The van der Waals surface area contributed by atoms with Crippen molar-refractivity contribution in [1.82, 2.24) is 14.7 Å². The first kappa shape index (κ1) is 15.6. The second kappa shape index (κ2) is 6.75. The highest BCUT2D eigenvalue weighted by atomic mass is 16.5. The van der Waals surface area contributed by atoms with Crippen LogP contribution in [0.15, 0.2) is 30.6 Å². The Morgan fingerprint density at radius 1 is 1.33 bits per heavy atom. The lowest BCUT2D eigenvalue weighted by atomic mass is 9.79. The third-order valence-corrected chi connectivity index (χ3v) is 3.25. The van der Waals surface area contributed by atoms with Crippen molar-refractivity contribution in [2.24, 2.45) is 7.05 Å². The Bertz CT molecular complexity index is 601. The number of aryl methyl sites for hydroxylation is 1. The second-order valence-electron chi connectivity index (χ2n) is 5.14. The molecule has 6 nitrogen and oxygen atoms in total. The number of hydrogen-bond donors (Lipinski definition) is 2. The molecule has 2 rings (SSSR count). The fourth-order valence-corrected chi connectivity index (χ4v) is 2.29. The maximum atomic E-state index is 9.27. The van der Waals surface area contributed by atoms with Crippen LogP contribution in [0, 0.1) is 0 Å². The molecule has 0 saturated heterocycles. The number of aromatic nitrogens is 2. The van der Waals surface area contributed by atoms with Crippen LogP contribution < -0.4 is 10.2 Å². The molecule has 1 aromatic carbocycles. The van der Waals surface area contributed by atoms with E-state index >= 15 is 0 Å². The third kappa shape index (κ3) is 4.07. The van der Waals surface area contributed by atoms with E-state index in [4.69, 9.17) is 4.74 Å². The Hall–Kier alpha value is -1.83. The van der Waals surface area contributed by atoms with Gasteiger partial charge in [-0.15, -0.1) is 0 Å². The lowest BCUT2D eigenvalue weighted by molar-refractivity contribution is 0.310. The Labute approximate surface area is 124 Å². The monoisotopic (exact) mass is 289 g/mol. The SMILES string of the molecule is COc1ccc(B(O)O)cc1CN(C)Cc1cnn(C)c1. The van der Waals surface area contributed by atoms with Gasteiger partial charge in [0.15, 0.2) is 0 Å². The molecule has 0 bridgehead atoms. The van der Waals surface area contributed by atoms with Gasteiger partial charge in [-0.2, -0.15) is 5.10 Å². The average molecular weight is 289 g/mol. The Morgan fingerprint density at radius 3 is 2.67 bits per heavy atom. The highest BCUT2D eigenvalue weighted by Crippen LogP contribution is 2.19. The van der Waals surface area contributed by atoms with Crippen LogP contribution in [0.5, 0.6) is 5.75 Å². The molecule has 0 spiro atoms. The minimum atomic E-state index is -1.47. The van der Waals surface area contributed by atoms with Crippen LogP contribution >= 0.6 is 0 Å². The van der Waals surface area contributed by atoms with Crippen LogP contribution in [-0.2, 0) is 20.1 Å². The molecule has 2 aromatic rings. The number of hydrogen-bond acceptors (Lipinski definition) is 5. The molecular formula is C14H20BN3O3. The van der Waals surface area contributed by atoms with Gasteiger partial charge in [-0.1, -0.05) is 12.1 Å². The summed E-state index contributed by atoms with van der Waals surface area (Å²) < 4.78 is 7.10. The lowest BCUT2D eigenvalue weighted by Gasteiger charge is -2.18. The molecule has 0 aliphatic heterocycles. The zero-order chi connectivity index (χ0) is 15.4. The first-order chi connectivity index (χ1) is 9.99. The van der Waals surface area contributed by atoms with E-state index in [1.54, 1.807) is 30.0 Å². The van der Waals surface area contributed by atoms with E-state index in [0.717, 1.165) is 23.4 Å². The van der Waals surface area contributed by atoms with E-state index in [9.17, 15) is 10.0 Å². The highest BCUT2D eigenvalue weighted by Gasteiger charge is 2.15. The standard InChI is InChI=1S/C14H20BN3O3/c1-17(8-11-7-16-18(2)9-11)10-12-6-13(15(19)20)4-5-14(12)21-3/h4-7,9,19-20H,8,10H2,1-3H3. The van der Waals surface area contributed by atoms with E-state index in [1.807, 2.05) is 26.5 Å². The molecule has 0 atom stereocenters. The second-order valence-corrected chi connectivity index (χ2v) is 5.14. The summed E-state index contributed by atoms with van der Waals surface area (Å²) in [5.74, 6) is 0.734. The summed E-state index contributed by atoms with van der Waals surface area (Å²) in [6.07, 6.45) is 3.81. The predicted molar refractivity (Wildman–Crippen MR) is 81.2 cm³/mol. The molecule has 0 radical (unpaired) electrons. The summed E-state index contributed by atoms with van der Waals surface area (Å²) in [6.45, 7) is 1.39. The quantitative estimate of drug-likeness (QED) is 0.717. The fourth-order valence-electron chi connectivity index (χ4n) is 2.29. The minimum Gasteiger partial charge on any atom is -0.496 e. The van der Waals surface area contributed by atoms with Crippen molar-refractivity contribution in [3.05, 3.63) is 41.7 Å². The summed E-state index contributed by atoms with van der Waals surface area (Å²) in [5, 5.41) is 22.7. The summed E-state index contributed by atoms with van der Waals surface area (Å²) >= 11 is 0. The van der Waals surface area contributed by atoms with Gasteiger partial charge in [-0.3, -0.25) is 9.58 Å². The topological polar surface area (TPSA) is 70.8 Å². The molecule has 1 aromatic heterocycles. The highest BCUT2D eigenvalue weighted by molar-refractivity contribution is 6.58. The van der Waals surface area contributed by atoms with Crippen LogP contribution in [0.25, 0.3) is 0 Å². The van der Waals surface area contributed by atoms with Crippen molar-refractivity contribution in [2.45, 2.75) is 13.1 Å². The minimum absolute atomic E-state index is 0.459. The fraction of sp³-hybridized carbons (Fsp3) is 0.357. The molecule has 2 N–H and O–H groups in total. The van der Waals surface area contributed by atoms with Gasteiger partial charge in [-0.25, -0.2) is 0 Å². The van der Waals surface area contributed by atoms with Gasteiger partial charge in [0, 0.05) is 37.5 Å². The molecule has 1 heterocycles. The summed E-state index contributed by atoms with van der Waals surface area (Å²) in [7, 11) is 4.01. The van der Waals surface area contributed by atoms with Gasteiger partial charge in [0.2, 0.25) is 0 Å². The number of methoxy groups -OCH3 is 1. The van der Waals surface area contributed by atoms with Crippen molar-refractivity contribution < 1.29 is 14.8 Å². The predicted octanol–water partition coefficient (Wildman–Crippen LogP) is -0.260. The van der Waals surface area contributed by atoms with E-state index < -0.39 is 7.12 Å². The van der Waals surface area contributed by atoms with Crippen LogP contribution in [0.3, 0.4) is 0 Å². The lowest BCUT2D eigenvalue weighted by Crippen LogP contribution is -2.30. The molecule has 21 heavy (non-hydrogen) atoms. The Morgan fingerprint density at radius 2 is 2.10 bits per heavy atom. The van der Waals surface area contributed by atoms with Gasteiger partial charge in [0.05, 0.1) is 13.3 Å². The molecule has 0 aliphatic rings. The number of benzene rings is 1. The number of nitrogens with zero attached hydrogens (tertiary/aromatic N) is 3. The van der Waals surface area contributed by atoms with Gasteiger partial charge in [0.1, 0.15) is 5.75 Å².